The Labute approximate surface area is 157 Å². The van der Waals surface area contributed by atoms with Gasteiger partial charge >= 0.3 is 0 Å². The number of nitrogens with one attached hydrogen (secondary N) is 2. The quantitative estimate of drug-likeness (QED) is 0.739. The van der Waals surface area contributed by atoms with Crippen LogP contribution in [0.3, 0.4) is 0 Å². The van der Waals surface area contributed by atoms with Gasteiger partial charge in [0.1, 0.15) is 19.2 Å². The van der Waals surface area contributed by atoms with Gasteiger partial charge in [-0.1, -0.05) is 29.8 Å². The second-order valence-corrected chi connectivity index (χ2v) is 7.90. The third-order valence-electron chi connectivity index (χ3n) is 4.33. The van der Waals surface area contributed by atoms with Crippen LogP contribution in [0, 0.1) is 0 Å². The molecule has 1 aliphatic heterocycles. The smallest absolute Gasteiger partial charge is 0.275 e. The first-order valence-electron chi connectivity index (χ1n) is 8.68. The molecule has 3 rings (SSSR count). The van der Waals surface area contributed by atoms with Crippen LogP contribution < -0.4 is 10.2 Å². The van der Waals surface area contributed by atoms with Gasteiger partial charge in [0, 0.05) is 18.2 Å². The predicted molar refractivity (Wildman–Crippen MR) is 101 cm³/mol. The molecule has 25 heavy (non-hydrogen) atoms. The maximum atomic E-state index is 12.4. The Bertz CT molecular complexity index is 672. The summed E-state index contributed by atoms with van der Waals surface area (Å²) in [5, 5.41) is 5.78. The fraction of sp³-hybridized carbons (Fsp3) is 0.421. The lowest BCUT2D eigenvalue weighted by Gasteiger charge is -2.21. The third kappa shape index (κ3) is 6.12. The summed E-state index contributed by atoms with van der Waals surface area (Å²) in [5.41, 5.74) is 1.01. The Kier molecular flexibility index (Phi) is 6.87. The zero-order valence-electron chi connectivity index (χ0n) is 14.2. The van der Waals surface area contributed by atoms with Crippen molar-refractivity contribution in [3.8, 4) is 0 Å². The van der Waals surface area contributed by atoms with Crippen LogP contribution in [0.25, 0.3) is 0 Å². The fourth-order valence-corrected chi connectivity index (χ4v) is 4.12. The molecule has 0 saturated carbocycles. The Balaban J connectivity index is 1.53. The van der Waals surface area contributed by atoms with Gasteiger partial charge in [-0.25, -0.2) is 0 Å². The fourth-order valence-electron chi connectivity index (χ4n) is 3.13. The molecular formula is C19H24ClN2O2S+. The van der Waals surface area contributed by atoms with Crippen molar-refractivity contribution < 1.29 is 14.4 Å². The number of amides is 1. The number of benzene rings is 1. The molecule has 2 N–H and O–H groups in total. The normalized spacial score (nSPS) is 18.2. The standard InChI is InChI=1S/C19H23ClN2O2S/c20-16-5-1-4-15(10-16)11-21-19(23)14-22(12-17-6-2-8-24-17)13-18-7-3-9-25-18/h1,3-5,7,9-10,17H,2,6,8,11-14H2,(H,21,23)/p+1/t17-/m0/s1. The number of carbonyl (C=O) groups excluding carboxylic acids is 1. The summed E-state index contributed by atoms with van der Waals surface area (Å²) in [6.07, 6.45) is 2.49. The van der Waals surface area contributed by atoms with Crippen molar-refractivity contribution in [2.45, 2.75) is 32.0 Å². The Morgan fingerprint density at radius 2 is 2.28 bits per heavy atom. The van der Waals surface area contributed by atoms with E-state index in [2.05, 4.69) is 22.8 Å². The summed E-state index contributed by atoms with van der Waals surface area (Å²) >= 11 is 7.73. The average Bonchev–Trinajstić information content (AvgIpc) is 3.27. The predicted octanol–water partition coefficient (Wildman–Crippen LogP) is 2.28. The minimum absolute atomic E-state index is 0.0597. The molecule has 1 aromatic heterocycles. The topological polar surface area (TPSA) is 42.8 Å². The molecule has 0 bridgehead atoms. The minimum Gasteiger partial charge on any atom is -0.372 e. The summed E-state index contributed by atoms with van der Waals surface area (Å²) in [7, 11) is 0. The molecule has 1 unspecified atom stereocenters. The highest BCUT2D eigenvalue weighted by molar-refractivity contribution is 7.09. The van der Waals surface area contributed by atoms with Crippen LogP contribution >= 0.6 is 22.9 Å². The van der Waals surface area contributed by atoms with Crippen LogP contribution in [0.2, 0.25) is 5.02 Å². The van der Waals surface area contributed by atoms with Gasteiger partial charge in [0.2, 0.25) is 0 Å². The molecule has 1 fully saturated rings. The van der Waals surface area contributed by atoms with E-state index in [9.17, 15) is 4.79 Å². The molecule has 0 radical (unpaired) electrons. The lowest BCUT2D eigenvalue weighted by molar-refractivity contribution is -0.908. The van der Waals surface area contributed by atoms with Crippen molar-refractivity contribution in [2.75, 3.05) is 19.7 Å². The Hall–Kier alpha value is -1.40. The molecule has 0 spiro atoms. The van der Waals surface area contributed by atoms with E-state index in [1.54, 1.807) is 11.3 Å². The van der Waals surface area contributed by atoms with Gasteiger partial charge < -0.3 is 15.0 Å². The highest BCUT2D eigenvalue weighted by Gasteiger charge is 2.24. The van der Waals surface area contributed by atoms with Gasteiger partial charge in [-0.2, -0.15) is 0 Å². The lowest BCUT2D eigenvalue weighted by Crippen LogP contribution is -3.13. The highest BCUT2D eigenvalue weighted by atomic mass is 35.5. The van der Waals surface area contributed by atoms with Gasteiger partial charge in [-0.15, -0.1) is 11.3 Å². The van der Waals surface area contributed by atoms with Gasteiger partial charge in [0.05, 0.1) is 4.88 Å². The zero-order valence-corrected chi connectivity index (χ0v) is 15.7. The minimum atomic E-state index is 0.0597. The van der Waals surface area contributed by atoms with E-state index in [1.807, 2.05) is 24.3 Å². The highest BCUT2D eigenvalue weighted by Crippen LogP contribution is 2.11. The summed E-state index contributed by atoms with van der Waals surface area (Å²) < 4.78 is 5.76. The van der Waals surface area contributed by atoms with Gasteiger partial charge in [-0.3, -0.25) is 4.79 Å². The second-order valence-electron chi connectivity index (χ2n) is 6.43. The molecule has 134 valence electrons. The molecule has 6 heteroatoms. The van der Waals surface area contributed by atoms with Crippen LogP contribution in [0.15, 0.2) is 41.8 Å². The van der Waals surface area contributed by atoms with Gasteiger partial charge in [0.25, 0.3) is 5.91 Å². The molecule has 2 atom stereocenters. The van der Waals surface area contributed by atoms with Gasteiger partial charge in [-0.05, 0) is 42.0 Å². The van der Waals surface area contributed by atoms with Crippen LogP contribution in [0.4, 0.5) is 0 Å². The zero-order chi connectivity index (χ0) is 17.5. The van der Waals surface area contributed by atoms with Crippen LogP contribution in [0.5, 0.6) is 0 Å². The van der Waals surface area contributed by atoms with Gasteiger partial charge in [0.15, 0.2) is 6.54 Å². The lowest BCUT2D eigenvalue weighted by atomic mass is 10.2. The number of hydrogen-bond donors (Lipinski definition) is 2. The van der Waals surface area contributed by atoms with Crippen molar-refractivity contribution in [3.05, 3.63) is 57.2 Å². The first-order valence-corrected chi connectivity index (χ1v) is 9.93. The molecule has 0 aliphatic carbocycles. The van der Waals surface area contributed by atoms with Crippen molar-refractivity contribution in [1.82, 2.24) is 5.32 Å². The first-order chi connectivity index (χ1) is 12.2. The molecule has 1 aliphatic rings. The molecule has 2 aromatic rings. The number of ether oxygens (including phenoxy) is 1. The Morgan fingerprint density at radius 3 is 3.00 bits per heavy atom. The largest absolute Gasteiger partial charge is 0.372 e. The number of halogens is 1. The SMILES string of the molecule is O=C(C[NH+](Cc1cccs1)C[C@@H]1CCCO1)NCc1cccc(Cl)c1. The summed E-state index contributed by atoms with van der Waals surface area (Å²) in [4.78, 5) is 15.0. The van der Waals surface area contributed by atoms with Crippen molar-refractivity contribution in [2.24, 2.45) is 0 Å². The Morgan fingerprint density at radius 1 is 1.36 bits per heavy atom. The van der Waals surface area contributed by atoms with E-state index in [0.29, 0.717) is 18.1 Å². The number of rotatable bonds is 8. The van der Waals surface area contributed by atoms with Crippen molar-refractivity contribution >= 4 is 28.8 Å². The van der Waals surface area contributed by atoms with E-state index < -0.39 is 0 Å². The molecule has 2 heterocycles. The number of carbonyl (C=O) groups is 1. The second kappa shape index (κ2) is 9.34. The first kappa shape index (κ1) is 18.4. The molecule has 1 amide bonds. The summed E-state index contributed by atoms with van der Waals surface area (Å²) in [6.45, 7) is 3.55. The average molecular weight is 380 g/mol. The maximum absolute atomic E-state index is 12.4. The number of quaternary nitrogens is 1. The summed E-state index contributed by atoms with van der Waals surface area (Å²) in [6, 6.07) is 11.8. The van der Waals surface area contributed by atoms with Crippen LogP contribution in [0.1, 0.15) is 23.3 Å². The molecule has 4 nitrogen and oxygen atoms in total. The van der Waals surface area contributed by atoms with E-state index in [-0.39, 0.29) is 12.0 Å². The number of hydrogen-bond acceptors (Lipinski definition) is 3. The van der Waals surface area contributed by atoms with Crippen LogP contribution in [-0.2, 0) is 22.6 Å². The molecule has 1 aromatic carbocycles. The van der Waals surface area contributed by atoms with Crippen molar-refractivity contribution in [1.29, 1.82) is 0 Å². The third-order valence-corrected chi connectivity index (χ3v) is 5.45. The van der Waals surface area contributed by atoms with E-state index in [0.717, 1.165) is 38.1 Å². The summed E-state index contributed by atoms with van der Waals surface area (Å²) in [5.74, 6) is 0.0597. The number of thiophene rings is 1. The van der Waals surface area contributed by atoms with E-state index >= 15 is 0 Å². The molecule has 1 saturated heterocycles. The monoisotopic (exact) mass is 379 g/mol. The van der Waals surface area contributed by atoms with E-state index in [4.69, 9.17) is 16.3 Å². The van der Waals surface area contributed by atoms with E-state index in [1.165, 1.54) is 9.78 Å². The van der Waals surface area contributed by atoms with Crippen molar-refractivity contribution in [3.63, 3.8) is 0 Å². The van der Waals surface area contributed by atoms with Crippen LogP contribution in [-0.4, -0.2) is 31.7 Å². The maximum Gasteiger partial charge on any atom is 0.275 e. The molecular weight excluding hydrogens is 356 g/mol.